The second-order valence-corrected chi connectivity index (χ2v) is 7.83. The van der Waals surface area contributed by atoms with Crippen LogP contribution in [0.15, 0.2) is 54.6 Å². The smallest absolute Gasteiger partial charge is 0.238 e. The van der Waals surface area contributed by atoms with E-state index in [9.17, 15) is 9.59 Å². The third-order valence-electron chi connectivity index (χ3n) is 6.01. The number of carbonyl (C=O) groups is 2. The molecule has 0 aromatic heterocycles. The lowest BCUT2D eigenvalue weighted by atomic mass is 9.73. The molecule has 2 aromatic carbocycles. The van der Waals surface area contributed by atoms with Crippen LogP contribution < -0.4 is 10.1 Å². The number of amides is 2. The van der Waals surface area contributed by atoms with Crippen molar-refractivity contribution in [2.75, 3.05) is 6.54 Å². The van der Waals surface area contributed by atoms with Gasteiger partial charge >= 0.3 is 0 Å². The molecule has 0 radical (unpaired) electrons. The van der Waals surface area contributed by atoms with E-state index in [1.54, 1.807) is 4.90 Å². The molecule has 146 valence electrons. The molecule has 0 aliphatic carbocycles. The van der Waals surface area contributed by atoms with Gasteiger partial charge in [0.25, 0.3) is 0 Å². The molecule has 0 unspecified atom stereocenters. The van der Waals surface area contributed by atoms with E-state index in [1.807, 2.05) is 75.4 Å². The van der Waals surface area contributed by atoms with E-state index in [0.717, 1.165) is 16.9 Å². The van der Waals surface area contributed by atoms with E-state index >= 15 is 0 Å². The van der Waals surface area contributed by atoms with Crippen LogP contribution in [-0.2, 0) is 9.59 Å². The number of likely N-dealkylation sites (tertiary alicyclic amines) is 1. The van der Waals surface area contributed by atoms with Gasteiger partial charge in [-0.2, -0.15) is 0 Å². The normalized spacial score (nSPS) is 26.8. The molecule has 1 saturated heterocycles. The first-order chi connectivity index (χ1) is 13.4. The van der Waals surface area contributed by atoms with Crippen LogP contribution in [0.1, 0.15) is 50.3 Å². The minimum absolute atomic E-state index is 0.159. The standard InChI is InChI=1S/C23H26N2O3/c1-4-25-22(27)20(21(26)24-15(2)16-10-6-5-7-11-16)18-14-23(25,3)28-19-13-9-8-12-17(18)19/h5-13,15,18,20H,4,14H2,1-3H3,(H,24,26)/t15-,18+,20-,23-/m1/s1. The highest BCUT2D eigenvalue weighted by Crippen LogP contribution is 2.50. The second kappa shape index (κ2) is 6.97. The molecule has 2 heterocycles. The quantitative estimate of drug-likeness (QED) is 0.827. The summed E-state index contributed by atoms with van der Waals surface area (Å²) in [5, 5.41) is 3.06. The summed E-state index contributed by atoms with van der Waals surface area (Å²) in [7, 11) is 0. The summed E-state index contributed by atoms with van der Waals surface area (Å²) in [6.07, 6.45) is 0.612. The first-order valence-electron chi connectivity index (χ1n) is 9.89. The number of fused-ring (bicyclic) bond motifs is 4. The highest BCUT2D eigenvalue weighted by Gasteiger charge is 2.55. The average Bonchev–Trinajstić information content (AvgIpc) is 2.68. The molecule has 4 atom stereocenters. The Morgan fingerprint density at radius 3 is 2.61 bits per heavy atom. The minimum Gasteiger partial charge on any atom is -0.468 e. The van der Waals surface area contributed by atoms with E-state index in [-0.39, 0.29) is 23.8 Å². The molecule has 2 bridgehead atoms. The fourth-order valence-corrected chi connectivity index (χ4v) is 4.63. The number of nitrogens with zero attached hydrogens (tertiary/aromatic N) is 1. The molecule has 28 heavy (non-hydrogen) atoms. The number of carbonyl (C=O) groups excluding carboxylic acids is 2. The fourth-order valence-electron chi connectivity index (χ4n) is 4.63. The van der Waals surface area contributed by atoms with E-state index in [1.165, 1.54) is 0 Å². The molecule has 2 aliphatic rings. The Bertz CT molecular complexity index is 898. The Hall–Kier alpha value is -2.82. The SMILES string of the molecule is CCN1C(=O)[C@@H](C(=O)N[C@H](C)c2ccccc2)[C@H]2C[C@@]1(C)Oc1ccccc12. The molecule has 5 heteroatoms. The van der Waals surface area contributed by atoms with Crippen molar-refractivity contribution in [3.8, 4) is 5.75 Å². The van der Waals surface area contributed by atoms with Gasteiger partial charge in [0.05, 0.1) is 6.04 Å². The predicted octanol–water partition coefficient (Wildman–Crippen LogP) is 3.62. The van der Waals surface area contributed by atoms with Crippen molar-refractivity contribution in [2.24, 2.45) is 5.92 Å². The maximum Gasteiger partial charge on any atom is 0.238 e. The van der Waals surface area contributed by atoms with Gasteiger partial charge in [0, 0.05) is 18.9 Å². The maximum absolute atomic E-state index is 13.3. The Balaban J connectivity index is 1.68. The number of benzene rings is 2. The monoisotopic (exact) mass is 378 g/mol. The third-order valence-corrected chi connectivity index (χ3v) is 6.01. The van der Waals surface area contributed by atoms with Crippen LogP contribution in [0.25, 0.3) is 0 Å². The molecule has 0 spiro atoms. The number of piperidine rings is 1. The lowest BCUT2D eigenvalue weighted by Gasteiger charge is -2.52. The van der Waals surface area contributed by atoms with Crippen molar-refractivity contribution in [3.63, 3.8) is 0 Å². The van der Waals surface area contributed by atoms with Crippen molar-refractivity contribution in [1.29, 1.82) is 0 Å². The van der Waals surface area contributed by atoms with Gasteiger partial charge in [0.15, 0.2) is 5.72 Å². The van der Waals surface area contributed by atoms with Gasteiger partial charge in [-0.05, 0) is 38.0 Å². The first kappa shape index (κ1) is 18.5. The van der Waals surface area contributed by atoms with Crippen molar-refractivity contribution in [2.45, 2.75) is 44.9 Å². The number of hydrogen-bond acceptors (Lipinski definition) is 3. The predicted molar refractivity (Wildman–Crippen MR) is 107 cm³/mol. The van der Waals surface area contributed by atoms with Gasteiger partial charge in [-0.25, -0.2) is 0 Å². The Labute approximate surface area is 165 Å². The highest BCUT2D eigenvalue weighted by atomic mass is 16.5. The number of para-hydroxylation sites is 1. The van der Waals surface area contributed by atoms with Gasteiger partial charge in [0.1, 0.15) is 11.7 Å². The molecule has 1 N–H and O–H groups in total. The van der Waals surface area contributed by atoms with Crippen LogP contribution in [-0.4, -0.2) is 29.0 Å². The van der Waals surface area contributed by atoms with Gasteiger partial charge in [-0.15, -0.1) is 0 Å². The van der Waals surface area contributed by atoms with Crippen LogP contribution in [0.3, 0.4) is 0 Å². The average molecular weight is 378 g/mol. The Morgan fingerprint density at radius 1 is 1.21 bits per heavy atom. The van der Waals surface area contributed by atoms with Crippen LogP contribution in [0.5, 0.6) is 5.75 Å². The minimum atomic E-state index is -0.746. The van der Waals surface area contributed by atoms with Gasteiger partial charge in [-0.3, -0.25) is 9.59 Å². The van der Waals surface area contributed by atoms with Gasteiger partial charge in [0.2, 0.25) is 11.8 Å². The Morgan fingerprint density at radius 2 is 1.89 bits per heavy atom. The van der Waals surface area contributed by atoms with E-state index < -0.39 is 11.6 Å². The number of rotatable bonds is 4. The summed E-state index contributed by atoms with van der Waals surface area (Å²) in [5.41, 5.74) is 1.24. The lowest BCUT2D eigenvalue weighted by Crippen LogP contribution is -2.64. The summed E-state index contributed by atoms with van der Waals surface area (Å²) in [6.45, 7) is 6.31. The van der Waals surface area contributed by atoms with Crippen LogP contribution >= 0.6 is 0 Å². The van der Waals surface area contributed by atoms with E-state index in [2.05, 4.69) is 5.32 Å². The lowest BCUT2D eigenvalue weighted by molar-refractivity contribution is -0.175. The first-order valence-corrected chi connectivity index (χ1v) is 9.89. The number of ether oxygens (including phenoxy) is 1. The van der Waals surface area contributed by atoms with Crippen molar-refractivity contribution < 1.29 is 14.3 Å². The Kier molecular flexibility index (Phi) is 4.61. The summed E-state index contributed by atoms with van der Waals surface area (Å²) in [4.78, 5) is 28.3. The van der Waals surface area contributed by atoms with Crippen LogP contribution in [0, 0.1) is 5.92 Å². The molecule has 5 nitrogen and oxygen atoms in total. The molecule has 2 aromatic rings. The largest absolute Gasteiger partial charge is 0.468 e. The van der Waals surface area contributed by atoms with Crippen molar-refractivity contribution in [1.82, 2.24) is 10.2 Å². The zero-order valence-electron chi connectivity index (χ0n) is 16.5. The summed E-state index contributed by atoms with van der Waals surface area (Å²) in [6, 6.07) is 17.4. The molecular weight excluding hydrogens is 352 g/mol. The maximum atomic E-state index is 13.3. The zero-order chi connectivity index (χ0) is 19.9. The fraction of sp³-hybridized carbons (Fsp3) is 0.391. The summed E-state index contributed by atoms with van der Waals surface area (Å²) in [5.74, 6) is -0.546. The van der Waals surface area contributed by atoms with Gasteiger partial charge < -0.3 is 15.0 Å². The molecule has 4 rings (SSSR count). The highest BCUT2D eigenvalue weighted by molar-refractivity contribution is 6.02. The van der Waals surface area contributed by atoms with E-state index in [0.29, 0.717) is 13.0 Å². The topological polar surface area (TPSA) is 58.6 Å². The molecule has 1 fully saturated rings. The summed E-state index contributed by atoms with van der Waals surface area (Å²) < 4.78 is 6.22. The van der Waals surface area contributed by atoms with Crippen molar-refractivity contribution in [3.05, 3.63) is 65.7 Å². The van der Waals surface area contributed by atoms with Crippen molar-refractivity contribution >= 4 is 11.8 Å². The van der Waals surface area contributed by atoms with Crippen LogP contribution in [0.2, 0.25) is 0 Å². The zero-order valence-corrected chi connectivity index (χ0v) is 16.5. The number of hydrogen-bond donors (Lipinski definition) is 1. The molecule has 2 aliphatic heterocycles. The van der Waals surface area contributed by atoms with E-state index in [4.69, 9.17) is 4.74 Å². The summed E-state index contributed by atoms with van der Waals surface area (Å²) >= 11 is 0. The van der Waals surface area contributed by atoms with Gasteiger partial charge in [-0.1, -0.05) is 48.5 Å². The molecular formula is C23H26N2O3. The molecule has 2 amide bonds. The number of nitrogens with one attached hydrogen (secondary N) is 1. The second-order valence-electron chi connectivity index (χ2n) is 7.83. The third kappa shape index (κ3) is 2.95. The molecule has 0 saturated carbocycles. The van der Waals surface area contributed by atoms with Crippen LogP contribution in [0.4, 0.5) is 0 Å².